The van der Waals surface area contributed by atoms with Gasteiger partial charge in [0.15, 0.2) is 0 Å². The normalized spacial score (nSPS) is 12.6. The van der Waals surface area contributed by atoms with Gasteiger partial charge in [-0.05, 0) is 31.2 Å². The summed E-state index contributed by atoms with van der Waals surface area (Å²) in [6, 6.07) is 6.32. The third-order valence-corrected chi connectivity index (χ3v) is 2.82. The molecule has 0 saturated heterocycles. The number of hydrogen-bond donors (Lipinski definition) is 0. The Labute approximate surface area is 132 Å². The molecule has 17 heavy (non-hydrogen) atoms. The van der Waals surface area contributed by atoms with E-state index in [1.807, 2.05) is 0 Å². The van der Waals surface area contributed by atoms with E-state index >= 15 is 0 Å². The van der Waals surface area contributed by atoms with Crippen molar-refractivity contribution in [3.8, 4) is 5.75 Å². The molecule has 1 unspecified atom stereocenters. The molecule has 5 nitrogen and oxygen atoms in total. The molecule has 92 valence electrons. The molecular formula is C8H9Cl2NaO5S. The van der Waals surface area contributed by atoms with Crippen LogP contribution in [0.2, 0.25) is 5.02 Å². The van der Waals surface area contributed by atoms with E-state index in [-0.39, 0.29) is 29.6 Å². The number of ether oxygens (including phenoxy) is 1. The molecular weight excluding hydrogens is 302 g/mol. The summed E-state index contributed by atoms with van der Waals surface area (Å²) < 4.78 is 34.6. The van der Waals surface area contributed by atoms with Crippen molar-refractivity contribution in [3.05, 3.63) is 29.3 Å². The maximum atomic E-state index is 10.8. The van der Waals surface area contributed by atoms with Crippen LogP contribution in [0.3, 0.4) is 0 Å². The fourth-order valence-corrected chi connectivity index (χ4v) is 1.52. The molecule has 0 N–H and O–H groups in total. The molecule has 1 aromatic carbocycles. The van der Waals surface area contributed by atoms with Crippen molar-refractivity contribution in [1.29, 1.82) is 0 Å². The topological polar surface area (TPSA) is 61.8 Å². The van der Waals surface area contributed by atoms with Gasteiger partial charge in [0.2, 0.25) is 6.29 Å². The Balaban J connectivity index is 0.00000256. The van der Waals surface area contributed by atoms with E-state index in [9.17, 15) is 8.42 Å². The van der Waals surface area contributed by atoms with Gasteiger partial charge >= 0.3 is 40.0 Å². The molecule has 0 bridgehead atoms. The summed E-state index contributed by atoms with van der Waals surface area (Å²) in [6.07, 6.45) is -1.06. The van der Waals surface area contributed by atoms with Crippen molar-refractivity contribution in [2.24, 2.45) is 0 Å². The zero-order chi connectivity index (χ0) is 12.2. The van der Waals surface area contributed by atoms with Gasteiger partial charge in [-0.3, -0.25) is 0 Å². The van der Waals surface area contributed by atoms with E-state index in [1.54, 1.807) is 24.3 Å². The molecule has 0 amide bonds. The number of rotatable bonds is 5. The van der Waals surface area contributed by atoms with E-state index in [2.05, 4.69) is 19.8 Å². The second-order valence-corrected chi connectivity index (χ2v) is 4.66. The first kappa shape index (κ1) is 17.5. The first-order valence-corrected chi connectivity index (χ1v) is 6.10. The third kappa shape index (κ3) is 6.83. The summed E-state index contributed by atoms with van der Waals surface area (Å²) in [4.78, 5) is 0. The van der Waals surface area contributed by atoms with Crippen LogP contribution in [0, 0.1) is 0 Å². The first-order chi connectivity index (χ1) is 7.43. The molecule has 0 saturated carbocycles. The standard InChI is InChI=1S/C8H8Cl2O5S.Na.H/c1-6(14-16(11,12)15-10)13-8-4-2-7(9)3-5-8;;/h2-6H,1H3;;. The van der Waals surface area contributed by atoms with Gasteiger partial charge in [0.05, 0.1) is 11.9 Å². The molecule has 0 spiro atoms. The Morgan fingerprint density at radius 2 is 1.76 bits per heavy atom. The first-order valence-electron chi connectivity index (χ1n) is 4.08. The van der Waals surface area contributed by atoms with Crippen LogP contribution in [-0.4, -0.2) is 44.3 Å². The van der Waals surface area contributed by atoms with E-state index in [0.717, 1.165) is 0 Å². The van der Waals surface area contributed by atoms with Crippen molar-refractivity contribution >= 4 is 63.4 Å². The van der Waals surface area contributed by atoms with Crippen molar-refractivity contribution < 1.29 is 21.1 Å². The summed E-state index contributed by atoms with van der Waals surface area (Å²) in [7, 11) is -4.23. The fraction of sp³-hybridized carbons (Fsp3) is 0.250. The molecule has 1 rings (SSSR count). The Morgan fingerprint density at radius 1 is 1.24 bits per heavy atom. The van der Waals surface area contributed by atoms with Crippen LogP contribution in [0.1, 0.15) is 6.92 Å². The van der Waals surface area contributed by atoms with Gasteiger partial charge in [0.1, 0.15) is 5.75 Å². The molecule has 0 radical (unpaired) electrons. The van der Waals surface area contributed by atoms with Gasteiger partial charge in [-0.15, -0.1) is 3.74 Å². The van der Waals surface area contributed by atoms with Crippen LogP contribution >= 0.6 is 23.5 Å². The predicted octanol–water partition coefficient (Wildman–Crippen LogP) is 1.85. The molecule has 9 heteroatoms. The molecule has 0 heterocycles. The molecule has 0 aliphatic carbocycles. The van der Waals surface area contributed by atoms with Gasteiger partial charge < -0.3 is 4.74 Å². The van der Waals surface area contributed by atoms with Crippen molar-refractivity contribution in [2.75, 3.05) is 0 Å². The van der Waals surface area contributed by atoms with Crippen molar-refractivity contribution in [3.63, 3.8) is 0 Å². The van der Waals surface area contributed by atoms with Crippen molar-refractivity contribution in [2.45, 2.75) is 13.2 Å². The Morgan fingerprint density at radius 3 is 2.24 bits per heavy atom. The summed E-state index contributed by atoms with van der Waals surface area (Å²) in [6.45, 7) is 1.38. The van der Waals surface area contributed by atoms with Crippen LogP contribution in [0.4, 0.5) is 0 Å². The van der Waals surface area contributed by atoms with Crippen LogP contribution in [0.15, 0.2) is 24.3 Å². The Hall–Kier alpha value is 0.470. The number of benzene rings is 1. The second kappa shape index (κ2) is 7.81. The average Bonchev–Trinajstić information content (AvgIpc) is 2.21. The molecule has 0 aromatic heterocycles. The van der Waals surface area contributed by atoms with Crippen LogP contribution < -0.4 is 4.74 Å². The van der Waals surface area contributed by atoms with Crippen LogP contribution in [0.25, 0.3) is 0 Å². The Kier molecular flexibility index (Phi) is 8.02. The van der Waals surface area contributed by atoms with Gasteiger partial charge in [0, 0.05) is 5.02 Å². The zero-order valence-electron chi connectivity index (χ0n) is 8.09. The summed E-state index contributed by atoms with van der Waals surface area (Å²) in [5.74, 6) is 0.404. The molecule has 1 aromatic rings. The SMILES string of the molecule is CC(Oc1ccc(Cl)cc1)OS(=O)(=O)OCl.[NaH]. The molecule has 0 aliphatic heterocycles. The van der Waals surface area contributed by atoms with Crippen molar-refractivity contribution in [1.82, 2.24) is 0 Å². The predicted molar refractivity (Wildman–Crippen MR) is 65.6 cm³/mol. The fourth-order valence-electron chi connectivity index (χ4n) is 0.905. The monoisotopic (exact) mass is 310 g/mol. The average molecular weight is 311 g/mol. The van der Waals surface area contributed by atoms with E-state index < -0.39 is 16.7 Å². The van der Waals surface area contributed by atoms with Gasteiger partial charge in [-0.1, -0.05) is 11.6 Å². The maximum absolute atomic E-state index is 10.8. The minimum atomic E-state index is -4.23. The van der Waals surface area contributed by atoms with E-state index in [1.165, 1.54) is 6.92 Å². The third-order valence-electron chi connectivity index (χ3n) is 1.45. The van der Waals surface area contributed by atoms with Gasteiger partial charge in [-0.2, -0.15) is 8.42 Å². The van der Waals surface area contributed by atoms with E-state index in [0.29, 0.717) is 10.8 Å². The summed E-state index contributed by atoms with van der Waals surface area (Å²) >= 11 is 10.3. The van der Waals surface area contributed by atoms with Gasteiger partial charge in [-0.25, -0.2) is 4.18 Å². The molecule has 0 aliphatic rings. The van der Waals surface area contributed by atoms with Crippen LogP contribution in [0.5, 0.6) is 5.75 Å². The number of hydrogen-bond acceptors (Lipinski definition) is 5. The molecule has 1 atom stereocenters. The van der Waals surface area contributed by atoms with Crippen LogP contribution in [-0.2, 0) is 18.3 Å². The zero-order valence-corrected chi connectivity index (χ0v) is 10.4. The number of halogens is 2. The summed E-state index contributed by atoms with van der Waals surface area (Å²) in [5.41, 5.74) is 0. The summed E-state index contributed by atoms with van der Waals surface area (Å²) in [5, 5.41) is 0.539. The molecule has 0 fully saturated rings. The van der Waals surface area contributed by atoms with Gasteiger partial charge in [0.25, 0.3) is 0 Å². The Bertz CT molecular complexity index is 436. The second-order valence-electron chi connectivity index (χ2n) is 2.71. The minimum absolute atomic E-state index is 0. The quantitative estimate of drug-likeness (QED) is 0.613. The van der Waals surface area contributed by atoms with E-state index in [4.69, 9.17) is 16.3 Å².